The first-order chi connectivity index (χ1) is 14.8. The average Bonchev–Trinajstić information content (AvgIpc) is 2.78. The molecular weight excluding hydrogens is 435 g/mol. The van der Waals surface area contributed by atoms with Crippen LogP contribution >= 0.6 is 24.8 Å². The molecule has 0 amide bonds. The Bertz CT molecular complexity index is 625. The van der Waals surface area contributed by atoms with E-state index in [1.165, 1.54) is 62.7 Å². The van der Waals surface area contributed by atoms with Crippen LogP contribution in [-0.4, -0.2) is 36.0 Å². The van der Waals surface area contributed by atoms with Gasteiger partial charge in [0.25, 0.3) is 0 Å². The van der Waals surface area contributed by atoms with Crippen molar-refractivity contribution < 1.29 is 0 Å². The summed E-state index contributed by atoms with van der Waals surface area (Å²) in [6, 6.07) is 21.6. The van der Waals surface area contributed by atoms with Crippen LogP contribution in [0.15, 0.2) is 72.8 Å². The first kappa shape index (κ1) is 30.7. The summed E-state index contributed by atoms with van der Waals surface area (Å²) in [7, 11) is 0. The summed E-state index contributed by atoms with van der Waals surface area (Å²) in [6.07, 6.45) is 12.7. The second kappa shape index (κ2) is 20.3. The fourth-order valence-electron chi connectivity index (χ4n) is 3.78. The number of halogens is 2. The van der Waals surface area contributed by atoms with E-state index in [0.717, 1.165) is 26.2 Å². The van der Waals surface area contributed by atoms with Crippen molar-refractivity contribution in [3.63, 3.8) is 0 Å². The fourth-order valence-corrected chi connectivity index (χ4v) is 3.78. The van der Waals surface area contributed by atoms with Gasteiger partial charge < -0.3 is 0 Å². The molecular formula is C28H44Cl2N2. The van der Waals surface area contributed by atoms with E-state index in [9.17, 15) is 0 Å². The highest BCUT2D eigenvalue weighted by atomic mass is 35.5. The molecule has 0 atom stereocenters. The van der Waals surface area contributed by atoms with Gasteiger partial charge in [0.15, 0.2) is 0 Å². The van der Waals surface area contributed by atoms with Gasteiger partial charge >= 0.3 is 0 Å². The van der Waals surface area contributed by atoms with Gasteiger partial charge in [-0.05, 0) is 37.1 Å². The number of hydrogen-bond donors (Lipinski definition) is 0. The second-order valence-corrected chi connectivity index (χ2v) is 8.33. The zero-order chi connectivity index (χ0) is 21.3. The SMILES string of the molecule is CCCCCN(C/C=C/CN(Cc1ccccc1)Cc1ccccc1)CCCCC.Cl.Cl. The van der Waals surface area contributed by atoms with Crippen LogP contribution in [0.3, 0.4) is 0 Å². The van der Waals surface area contributed by atoms with Crippen LogP contribution < -0.4 is 0 Å². The summed E-state index contributed by atoms with van der Waals surface area (Å²) in [4.78, 5) is 5.17. The fraction of sp³-hybridized carbons (Fsp3) is 0.500. The molecule has 0 fully saturated rings. The Morgan fingerprint density at radius 1 is 0.562 bits per heavy atom. The van der Waals surface area contributed by atoms with Crippen LogP contribution in [0.25, 0.3) is 0 Å². The van der Waals surface area contributed by atoms with Crippen LogP contribution in [-0.2, 0) is 13.1 Å². The Morgan fingerprint density at radius 3 is 1.38 bits per heavy atom. The highest BCUT2D eigenvalue weighted by Crippen LogP contribution is 2.10. The molecule has 0 aromatic heterocycles. The minimum atomic E-state index is 0. The Hall–Kier alpha value is -1.32. The maximum atomic E-state index is 2.64. The number of rotatable bonds is 16. The molecule has 2 aromatic rings. The lowest BCUT2D eigenvalue weighted by Gasteiger charge is -2.22. The molecule has 0 unspecified atom stereocenters. The lowest BCUT2D eigenvalue weighted by molar-refractivity contribution is 0.279. The molecule has 0 aliphatic heterocycles. The molecule has 180 valence electrons. The van der Waals surface area contributed by atoms with E-state index in [2.05, 4.69) is 96.5 Å². The minimum absolute atomic E-state index is 0. The van der Waals surface area contributed by atoms with Gasteiger partial charge in [-0.3, -0.25) is 9.80 Å². The number of unbranched alkanes of at least 4 members (excludes halogenated alkanes) is 4. The molecule has 2 rings (SSSR count). The maximum Gasteiger partial charge on any atom is 0.0240 e. The van der Waals surface area contributed by atoms with Crippen molar-refractivity contribution in [2.75, 3.05) is 26.2 Å². The van der Waals surface area contributed by atoms with Crippen molar-refractivity contribution in [3.05, 3.63) is 83.9 Å². The Balaban J connectivity index is 0.00000480. The van der Waals surface area contributed by atoms with E-state index in [4.69, 9.17) is 0 Å². The van der Waals surface area contributed by atoms with Crippen molar-refractivity contribution in [2.24, 2.45) is 0 Å². The third-order valence-corrected chi connectivity index (χ3v) is 5.55. The van der Waals surface area contributed by atoms with Gasteiger partial charge in [-0.25, -0.2) is 0 Å². The van der Waals surface area contributed by atoms with Crippen LogP contribution in [0, 0.1) is 0 Å². The zero-order valence-corrected chi connectivity index (χ0v) is 21.8. The van der Waals surface area contributed by atoms with Gasteiger partial charge in [0.2, 0.25) is 0 Å². The van der Waals surface area contributed by atoms with Gasteiger partial charge in [-0.1, -0.05) is 112 Å². The molecule has 2 aromatic carbocycles. The quantitative estimate of drug-likeness (QED) is 0.179. The summed E-state index contributed by atoms with van der Waals surface area (Å²) in [5.41, 5.74) is 2.75. The van der Waals surface area contributed by atoms with Crippen molar-refractivity contribution in [1.29, 1.82) is 0 Å². The molecule has 0 aliphatic rings. The van der Waals surface area contributed by atoms with E-state index in [-0.39, 0.29) is 24.8 Å². The average molecular weight is 480 g/mol. The van der Waals surface area contributed by atoms with E-state index >= 15 is 0 Å². The first-order valence-corrected chi connectivity index (χ1v) is 12.0. The first-order valence-electron chi connectivity index (χ1n) is 12.0. The summed E-state index contributed by atoms with van der Waals surface area (Å²) >= 11 is 0. The largest absolute Gasteiger partial charge is 0.300 e. The van der Waals surface area contributed by atoms with Crippen LogP contribution in [0.4, 0.5) is 0 Å². The van der Waals surface area contributed by atoms with Crippen molar-refractivity contribution in [3.8, 4) is 0 Å². The highest BCUT2D eigenvalue weighted by Gasteiger charge is 2.06. The van der Waals surface area contributed by atoms with Gasteiger partial charge in [0.05, 0.1) is 0 Å². The van der Waals surface area contributed by atoms with Gasteiger partial charge in [0.1, 0.15) is 0 Å². The highest BCUT2D eigenvalue weighted by molar-refractivity contribution is 5.85. The van der Waals surface area contributed by atoms with E-state index in [1.807, 2.05) is 0 Å². The number of hydrogen-bond acceptors (Lipinski definition) is 2. The van der Waals surface area contributed by atoms with E-state index in [0.29, 0.717) is 0 Å². The predicted octanol–water partition coefficient (Wildman–Crippen LogP) is 7.77. The second-order valence-electron chi connectivity index (χ2n) is 8.33. The third kappa shape index (κ3) is 14.0. The summed E-state index contributed by atoms with van der Waals surface area (Å²) in [6.45, 7) is 11.1. The molecule has 4 heteroatoms. The Labute approximate surface area is 209 Å². The standard InChI is InChI=1S/C28H42N2.2ClH/c1-3-5-13-21-29(22-14-6-4-2)23-15-16-24-30(25-27-17-9-7-10-18-27)26-28-19-11-8-12-20-28;;/h7-12,15-20H,3-6,13-14,21-26H2,1-2H3;2*1H/b16-15+;;. The van der Waals surface area contributed by atoms with Gasteiger partial charge in [-0.2, -0.15) is 0 Å². The molecule has 0 saturated heterocycles. The summed E-state index contributed by atoms with van der Waals surface area (Å²) in [5.74, 6) is 0. The Kier molecular flexibility index (Phi) is 19.5. The molecule has 0 bridgehead atoms. The molecule has 0 heterocycles. The monoisotopic (exact) mass is 478 g/mol. The van der Waals surface area contributed by atoms with Gasteiger partial charge in [-0.15, -0.1) is 24.8 Å². The summed E-state index contributed by atoms with van der Waals surface area (Å²) in [5, 5.41) is 0. The predicted molar refractivity (Wildman–Crippen MR) is 146 cm³/mol. The van der Waals surface area contributed by atoms with Crippen LogP contribution in [0.5, 0.6) is 0 Å². The molecule has 32 heavy (non-hydrogen) atoms. The van der Waals surface area contributed by atoms with Crippen molar-refractivity contribution >= 4 is 24.8 Å². The van der Waals surface area contributed by atoms with Crippen LogP contribution in [0.1, 0.15) is 63.5 Å². The summed E-state index contributed by atoms with van der Waals surface area (Å²) < 4.78 is 0. The van der Waals surface area contributed by atoms with E-state index < -0.39 is 0 Å². The third-order valence-electron chi connectivity index (χ3n) is 5.55. The minimum Gasteiger partial charge on any atom is -0.300 e. The van der Waals surface area contributed by atoms with E-state index in [1.54, 1.807) is 0 Å². The van der Waals surface area contributed by atoms with Crippen molar-refractivity contribution in [2.45, 2.75) is 65.5 Å². The molecule has 0 radical (unpaired) electrons. The topological polar surface area (TPSA) is 6.48 Å². The number of benzene rings is 2. The smallest absolute Gasteiger partial charge is 0.0240 e. The normalized spacial score (nSPS) is 11.0. The van der Waals surface area contributed by atoms with Crippen LogP contribution in [0.2, 0.25) is 0 Å². The van der Waals surface area contributed by atoms with Gasteiger partial charge in [0, 0.05) is 26.2 Å². The lowest BCUT2D eigenvalue weighted by Crippen LogP contribution is -2.27. The molecule has 0 spiro atoms. The Morgan fingerprint density at radius 2 is 0.969 bits per heavy atom. The molecule has 0 N–H and O–H groups in total. The molecule has 2 nitrogen and oxygen atoms in total. The maximum absolute atomic E-state index is 2.64. The molecule has 0 aliphatic carbocycles. The molecule has 0 saturated carbocycles. The van der Waals surface area contributed by atoms with Crippen molar-refractivity contribution in [1.82, 2.24) is 9.80 Å². The number of nitrogens with zero attached hydrogens (tertiary/aromatic N) is 2. The lowest BCUT2D eigenvalue weighted by atomic mass is 10.1. The zero-order valence-electron chi connectivity index (χ0n) is 20.1.